The Hall–Kier alpha value is -2.99. The maximum absolute atomic E-state index is 4.72. The van der Waals surface area contributed by atoms with Gasteiger partial charge in [-0.2, -0.15) is 0 Å². The van der Waals surface area contributed by atoms with Crippen molar-refractivity contribution in [2.75, 3.05) is 25.5 Å². The van der Waals surface area contributed by atoms with Crippen molar-refractivity contribution in [1.82, 2.24) is 20.3 Å². The van der Waals surface area contributed by atoms with Crippen molar-refractivity contribution in [2.45, 2.75) is 19.8 Å². The van der Waals surface area contributed by atoms with Crippen molar-refractivity contribution in [3.63, 3.8) is 0 Å². The Morgan fingerprint density at radius 2 is 2.15 bits per heavy atom. The third kappa shape index (κ3) is 3.75. The number of aromatic nitrogens is 3. The van der Waals surface area contributed by atoms with Gasteiger partial charge in [0.2, 0.25) is 5.95 Å². The zero-order chi connectivity index (χ0) is 18.6. The van der Waals surface area contributed by atoms with Crippen molar-refractivity contribution < 1.29 is 0 Å². The summed E-state index contributed by atoms with van der Waals surface area (Å²) < 4.78 is 0. The number of benzene rings is 1. The number of nitrogens with one attached hydrogen (secondary N) is 3. The number of rotatable bonds is 6. The number of hydrogen-bond donors (Lipinski definition) is 3. The van der Waals surface area contributed by atoms with Crippen LogP contribution in [0.5, 0.6) is 0 Å². The summed E-state index contributed by atoms with van der Waals surface area (Å²) in [4.78, 5) is 16.9. The highest BCUT2D eigenvalue weighted by Crippen LogP contribution is 2.21. The molecule has 0 saturated heterocycles. The van der Waals surface area contributed by atoms with E-state index in [0.717, 1.165) is 53.6 Å². The van der Waals surface area contributed by atoms with Crippen LogP contribution in [0.1, 0.15) is 17.5 Å². The van der Waals surface area contributed by atoms with E-state index in [-0.39, 0.29) is 0 Å². The Morgan fingerprint density at radius 1 is 1.22 bits per heavy atom. The van der Waals surface area contributed by atoms with Gasteiger partial charge in [-0.1, -0.05) is 18.2 Å². The molecule has 0 aliphatic carbocycles. The number of anilines is 2. The van der Waals surface area contributed by atoms with Crippen LogP contribution in [-0.4, -0.2) is 35.1 Å². The van der Waals surface area contributed by atoms with E-state index in [9.17, 15) is 0 Å². The molecule has 0 spiro atoms. The van der Waals surface area contributed by atoms with Gasteiger partial charge in [-0.05, 0) is 56.6 Å². The summed E-state index contributed by atoms with van der Waals surface area (Å²) in [6, 6.07) is 8.39. The standard InChI is InChI=1S/C21H24N6/c1-14-12-15(7-10-22-2)5-6-18(14)26-21-24-11-8-19(27-21)17-13-25-20-16(17)4-3-9-23-20/h4-6,8,11-13,22H,3,7,9-10H2,1-2H3,(H,23,25)(H,24,26,27). The lowest BCUT2D eigenvalue weighted by molar-refractivity contribution is 0.791. The normalized spacial score (nSPS) is 12.8. The lowest BCUT2D eigenvalue weighted by Gasteiger charge is -2.11. The minimum atomic E-state index is 0.598. The number of nitrogens with zero attached hydrogens (tertiary/aromatic N) is 3. The molecule has 1 aliphatic heterocycles. The van der Waals surface area contributed by atoms with Gasteiger partial charge in [0.15, 0.2) is 0 Å². The monoisotopic (exact) mass is 360 g/mol. The summed E-state index contributed by atoms with van der Waals surface area (Å²) >= 11 is 0. The maximum atomic E-state index is 4.72. The Bertz CT molecular complexity index is 1070. The number of hydrogen-bond acceptors (Lipinski definition) is 5. The molecule has 6 heteroatoms. The quantitative estimate of drug-likeness (QED) is 0.629. The molecule has 4 rings (SSSR count). The first-order valence-corrected chi connectivity index (χ1v) is 9.31. The van der Waals surface area contributed by atoms with Gasteiger partial charge in [0.25, 0.3) is 0 Å². The molecule has 0 radical (unpaired) electrons. The highest BCUT2D eigenvalue weighted by molar-refractivity contribution is 5.64. The van der Waals surface area contributed by atoms with E-state index in [2.05, 4.69) is 56.8 Å². The SMILES string of the molecule is CNCCc1ccc(Nc2nccc(-c3c[nH]c4c3=CCCN=4)n2)c(C)c1. The molecule has 1 aliphatic rings. The highest BCUT2D eigenvalue weighted by Gasteiger charge is 2.09. The predicted molar refractivity (Wildman–Crippen MR) is 109 cm³/mol. The molecule has 1 aromatic carbocycles. The minimum absolute atomic E-state index is 0.598. The fourth-order valence-corrected chi connectivity index (χ4v) is 3.34. The number of H-pyrrole nitrogens is 1. The van der Waals surface area contributed by atoms with Gasteiger partial charge in [-0.15, -0.1) is 0 Å². The van der Waals surface area contributed by atoms with Gasteiger partial charge in [-0.3, -0.25) is 4.99 Å². The third-order valence-corrected chi connectivity index (χ3v) is 4.78. The van der Waals surface area contributed by atoms with Crippen LogP contribution in [0, 0.1) is 6.92 Å². The smallest absolute Gasteiger partial charge is 0.227 e. The van der Waals surface area contributed by atoms with Crippen molar-refractivity contribution in [3.05, 3.63) is 58.5 Å². The van der Waals surface area contributed by atoms with Gasteiger partial charge >= 0.3 is 0 Å². The highest BCUT2D eigenvalue weighted by atomic mass is 15.1. The van der Waals surface area contributed by atoms with Gasteiger partial charge in [0, 0.05) is 35.4 Å². The van der Waals surface area contributed by atoms with Gasteiger partial charge < -0.3 is 15.6 Å². The molecule has 0 fully saturated rings. The number of aryl methyl sites for hydroxylation is 1. The van der Waals surface area contributed by atoms with Gasteiger partial charge in [0.05, 0.1) is 5.69 Å². The van der Waals surface area contributed by atoms with Crippen molar-refractivity contribution >= 4 is 17.7 Å². The average Bonchev–Trinajstić information content (AvgIpc) is 3.13. The fraction of sp³-hybridized carbons (Fsp3) is 0.286. The second kappa shape index (κ2) is 7.72. The van der Waals surface area contributed by atoms with E-state index < -0.39 is 0 Å². The first-order valence-electron chi connectivity index (χ1n) is 9.31. The van der Waals surface area contributed by atoms with E-state index in [1.807, 2.05) is 19.3 Å². The lowest BCUT2D eigenvalue weighted by Crippen LogP contribution is -2.27. The molecule has 0 unspecified atom stereocenters. The summed E-state index contributed by atoms with van der Waals surface area (Å²) in [5, 5.41) is 7.68. The van der Waals surface area contributed by atoms with E-state index >= 15 is 0 Å². The molecule has 3 N–H and O–H groups in total. The van der Waals surface area contributed by atoms with Crippen LogP contribution in [0.15, 0.2) is 41.7 Å². The van der Waals surface area contributed by atoms with Crippen LogP contribution in [-0.2, 0) is 6.42 Å². The van der Waals surface area contributed by atoms with Crippen LogP contribution in [0.3, 0.4) is 0 Å². The fourth-order valence-electron chi connectivity index (χ4n) is 3.34. The molecule has 3 heterocycles. The van der Waals surface area contributed by atoms with Crippen molar-refractivity contribution in [3.8, 4) is 11.3 Å². The van der Waals surface area contributed by atoms with Crippen LogP contribution >= 0.6 is 0 Å². The largest absolute Gasteiger partial charge is 0.346 e. The maximum Gasteiger partial charge on any atom is 0.227 e. The minimum Gasteiger partial charge on any atom is -0.346 e. The van der Waals surface area contributed by atoms with Crippen molar-refractivity contribution in [1.29, 1.82) is 0 Å². The first kappa shape index (κ1) is 17.4. The summed E-state index contributed by atoms with van der Waals surface area (Å²) in [5.41, 5.74) is 6.43. The summed E-state index contributed by atoms with van der Waals surface area (Å²) in [6.45, 7) is 3.92. The van der Waals surface area contributed by atoms with Crippen LogP contribution < -0.4 is 21.3 Å². The summed E-state index contributed by atoms with van der Waals surface area (Å²) in [5.74, 6) is 0.598. The van der Waals surface area contributed by atoms with Crippen LogP contribution in [0.2, 0.25) is 0 Å². The Morgan fingerprint density at radius 3 is 3.00 bits per heavy atom. The number of likely N-dealkylation sites (N-methyl/N-ethyl adjacent to an activating group) is 1. The van der Waals surface area contributed by atoms with Crippen LogP contribution in [0.4, 0.5) is 11.6 Å². The molecule has 2 aromatic heterocycles. The molecule has 138 valence electrons. The molecular formula is C21H24N6. The molecule has 3 aromatic rings. The van der Waals surface area contributed by atoms with E-state index in [1.54, 1.807) is 6.20 Å². The zero-order valence-corrected chi connectivity index (χ0v) is 15.7. The average molecular weight is 360 g/mol. The molecule has 6 nitrogen and oxygen atoms in total. The summed E-state index contributed by atoms with van der Waals surface area (Å²) in [6.07, 6.45) is 7.97. The van der Waals surface area contributed by atoms with E-state index in [1.165, 1.54) is 11.1 Å². The Kier molecular flexibility index (Phi) is 4.98. The molecule has 27 heavy (non-hydrogen) atoms. The summed E-state index contributed by atoms with van der Waals surface area (Å²) in [7, 11) is 1.97. The molecule has 0 bridgehead atoms. The van der Waals surface area contributed by atoms with Crippen molar-refractivity contribution in [2.24, 2.45) is 4.99 Å². The predicted octanol–water partition coefficient (Wildman–Crippen LogP) is 2.09. The van der Waals surface area contributed by atoms with Gasteiger partial charge in [0.1, 0.15) is 5.49 Å². The first-order chi connectivity index (χ1) is 13.2. The van der Waals surface area contributed by atoms with E-state index in [4.69, 9.17) is 4.98 Å². The second-order valence-corrected chi connectivity index (χ2v) is 6.73. The van der Waals surface area contributed by atoms with Gasteiger partial charge in [-0.25, -0.2) is 9.97 Å². The topological polar surface area (TPSA) is 78.0 Å². The number of aromatic amines is 1. The molecule has 0 atom stereocenters. The number of fused-ring (bicyclic) bond motifs is 1. The Balaban J connectivity index is 1.60. The second-order valence-electron chi connectivity index (χ2n) is 6.73. The van der Waals surface area contributed by atoms with Crippen LogP contribution in [0.25, 0.3) is 17.3 Å². The van der Waals surface area contributed by atoms with E-state index in [0.29, 0.717) is 5.95 Å². The molecule has 0 amide bonds. The lowest BCUT2D eigenvalue weighted by atomic mass is 10.1. The molecule has 0 saturated carbocycles. The Labute approximate surface area is 158 Å². The third-order valence-electron chi connectivity index (χ3n) is 4.78. The zero-order valence-electron chi connectivity index (χ0n) is 15.7. The molecular weight excluding hydrogens is 336 g/mol.